The van der Waals surface area contributed by atoms with Gasteiger partial charge in [-0.15, -0.1) is 0 Å². The summed E-state index contributed by atoms with van der Waals surface area (Å²) in [6.07, 6.45) is 0.536. The molecular weight excluding hydrogens is 290 g/mol. The van der Waals surface area contributed by atoms with Crippen LogP contribution in [0.15, 0.2) is 0 Å². The SMILES string of the molecule is CC(C)=O.CCCCOC(=O)C1CCC(=O)N1C(O)C(C)=O. The third-order valence-electron chi connectivity index (χ3n) is 2.90. The van der Waals surface area contributed by atoms with Crippen molar-refractivity contribution in [2.75, 3.05) is 6.61 Å². The summed E-state index contributed by atoms with van der Waals surface area (Å²) in [5.74, 6) is -1.33. The van der Waals surface area contributed by atoms with Crippen molar-refractivity contribution in [1.82, 2.24) is 4.90 Å². The largest absolute Gasteiger partial charge is 0.464 e. The fourth-order valence-corrected chi connectivity index (χ4v) is 1.85. The Morgan fingerprint density at radius 3 is 2.32 bits per heavy atom. The van der Waals surface area contributed by atoms with Crippen LogP contribution >= 0.6 is 0 Å². The zero-order valence-electron chi connectivity index (χ0n) is 13.6. The minimum absolute atomic E-state index is 0.151. The van der Waals surface area contributed by atoms with Crippen LogP contribution in [0.5, 0.6) is 0 Å². The van der Waals surface area contributed by atoms with Gasteiger partial charge in [0, 0.05) is 6.42 Å². The van der Waals surface area contributed by atoms with Crippen molar-refractivity contribution in [2.45, 2.75) is 65.6 Å². The summed E-state index contributed by atoms with van der Waals surface area (Å²) in [5.41, 5.74) is 0. The molecule has 1 aliphatic heterocycles. The monoisotopic (exact) mass is 315 g/mol. The summed E-state index contributed by atoms with van der Waals surface area (Å²) in [4.78, 5) is 44.8. The first kappa shape index (κ1) is 20.2. The van der Waals surface area contributed by atoms with E-state index in [1.165, 1.54) is 20.8 Å². The smallest absolute Gasteiger partial charge is 0.328 e. The molecule has 0 aliphatic carbocycles. The molecule has 0 radical (unpaired) electrons. The van der Waals surface area contributed by atoms with Crippen molar-refractivity contribution in [2.24, 2.45) is 0 Å². The van der Waals surface area contributed by atoms with Gasteiger partial charge in [0.1, 0.15) is 11.8 Å². The van der Waals surface area contributed by atoms with Gasteiger partial charge in [0.2, 0.25) is 5.91 Å². The first-order valence-corrected chi connectivity index (χ1v) is 7.35. The van der Waals surface area contributed by atoms with E-state index < -0.39 is 29.9 Å². The number of carbonyl (C=O) groups is 4. The van der Waals surface area contributed by atoms with E-state index >= 15 is 0 Å². The van der Waals surface area contributed by atoms with Gasteiger partial charge in [0.05, 0.1) is 6.61 Å². The molecule has 1 saturated heterocycles. The Labute approximate surface area is 130 Å². The van der Waals surface area contributed by atoms with E-state index in [9.17, 15) is 24.3 Å². The second-order valence-electron chi connectivity index (χ2n) is 5.27. The molecule has 1 N–H and O–H groups in total. The fraction of sp³-hybridized carbons (Fsp3) is 0.733. The molecule has 126 valence electrons. The Kier molecular flexibility index (Phi) is 9.24. The number of likely N-dealkylation sites (tertiary alicyclic amines) is 1. The van der Waals surface area contributed by atoms with Crippen LogP contribution in [0, 0.1) is 0 Å². The van der Waals surface area contributed by atoms with E-state index in [1.54, 1.807) is 0 Å². The molecule has 0 aromatic rings. The third-order valence-corrected chi connectivity index (χ3v) is 2.90. The third kappa shape index (κ3) is 6.80. The van der Waals surface area contributed by atoms with Crippen LogP contribution in [0.3, 0.4) is 0 Å². The standard InChI is InChI=1S/C12H19NO5.C3H6O/c1-3-4-7-18-12(17)9-5-6-10(15)13(9)11(16)8(2)14;1-3(2)4/h9,11,16H,3-7H2,1-2H3;1-2H3. The van der Waals surface area contributed by atoms with Crippen molar-refractivity contribution in [1.29, 1.82) is 0 Å². The average molecular weight is 315 g/mol. The molecule has 1 heterocycles. The highest BCUT2D eigenvalue weighted by Crippen LogP contribution is 2.22. The fourth-order valence-electron chi connectivity index (χ4n) is 1.85. The Balaban J connectivity index is 0.000000980. The summed E-state index contributed by atoms with van der Waals surface area (Å²) < 4.78 is 5.02. The zero-order valence-corrected chi connectivity index (χ0v) is 13.6. The molecule has 1 rings (SSSR count). The number of amides is 1. The number of carbonyl (C=O) groups excluding carboxylic acids is 4. The predicted molar refractivity (Wildman–Crippen MR) is 78.8 cm³/mol. The topological polar surface area (TPSA) is 101 Å². The summed E-state index contributed by atoms with van der Waals surface area (Å²) in [6, 6.07) is -0.840. The number of aliphatic hydroxyl groups excluding tert-OH is 1. The number of Topliss-reactive ketones (excluding diaryl/α,β-unsaturated/α-hetero) is 2. The summed E-state index contributed by atoms with van der Waals surface area (Å²) in [5, 5.41) is 9.64. The molecule has 0 spiro atoms. The number of hydrogen-bond acceptors (Lipinski definition) is 6. The Morgan fingerprint density at radius 2 is 1.86 bits per heavy atom. The average Bonchev–Trinajstić information content (AvgIpc) is 2.79. The van der Waals surface area contributed by atoms with Gasteiger partial charge in [-0.05, 0) is 33.6 Å². The minimum Gasteiger partial charge on any atom is -0.464 e. The Morgan fingerprint density at radius 1 is 1.32 bits per heavy atom. The zero-order chi connectivity index (χ0) is 17.3. The maximum absolute atomic E-state index is 11.8. The van der Waals surface area contributed by atoms with E-state index in [-0.39, 0.29) is 18.6 Å². The lowest BCUT2D eigenvalue weighted by Crippen LogP contribution is -2.49. The van der Waals surface area contributed by atoms with Gasteiger partial charge in [-0.2, -0.15) is 0 Å². The van der Waals surface area contributed by atoms with Gasteiger partial charge in [0.15, 0.2) is 12.0 Å². The van der Waals surface area contributed by atoms with Gasteiger partial charge in [-0.3, -0.25) is 14.5 Å². The van der Waals surface area contributed by atoms with Crippen LogP contribution < -0.4 is 0 Å². The lowest BCUT2D eigenvalue weighted by atomic mass is 10.2. The molecule has 0 bridgehead atoms. The van der Waals surface area contributed by atoms with Gasteiger partial charge in [0.25, 0.3) is 0 Å². The number of ketones is 2. The van der Waals surface area contributed by atoms with Gasteiger partial charge < -0.3 is 14.6 Å². The molecule has 0 aromatic carbocycles. The van der Waals surface area contributed by atoms with E-state index in [4.69, 9.17) is 4.74 Å². The first-order chi connectivity index (χ1) is 10.2. The van der Waals surface area contributed by atoms with Crippen molar-refractivity contribution < 1.29 is 29.0 Å². The molecule has 0 aromatic heterocycles. The number of hydrogen-bond donors (Lipinski definition) is 1. The van der Waals surface area contributed by atoms with Crippen molar-refractivity contribution >= 4 is 23.4 Å². The molecule has 7 heteroatoms. The van der Waals surface area contributed by atoms with Crippen LogP contribution in [-0.4, -0.2) is 52.3 Å². The predicted octanol–water partition coefficient (Wildman–Crippen LogP) is 0.823. The highest BCUT2D eigenvalue weighted by molar-refractivity contribution is 5.92. The molecule has 0 saturated carbocycles. The van der Waals surface area contributed by atoms with Gasteiger partial charge >= 0.3 is 5.97 Å². The van der Waals surface area contributed by atoms with E-state index in [0.717, 1.165) is 17.7 Å². The number of aliphatic hydroxyl groups is 1. The normalized spacial score (nSPS) is 18.3. The summed E-state index contributed by atoms with van der Waals surface area (Å²) >= 11 is 0. The first-order valence-electron chi connectivity index (χ1n) is 7.35. The van der Waals surface area contributed by atoms with Crippen LogP contribution in [0.1, 0.15) is 53.4 Å². The minimum atomic E-state index is -1.55. The van der Waals surface area contributed by atoms with Crippen molar-refractivity contribution in [3.63, 3.8) is 0 Å². The van der Waals surface area contributed by atoms with Gasteiger partial charge in [-0.1, -0.05) is 13.3 Å². The maximum Gasteiger partial charge on any atom is 0.328 e. The van der Waals surface area contributed by atoms with Gasteiger partial charge in [-0.25, -0.2) is 4.79 Å². The molecule has 2 unspecified atom stereocenters. The lowest BCUT2D eigenvalue weighted by molar-refractivity contribution is -0.162. The molecule has 2 atom stereocenters. The number of ether oxygens (including phenoxy) is 1. The number of unbranched alkanes of at least 4 members (excludes halogenated alkanes) is 1. The van der Waals surface area contributed by atoms with Crippen molar-refractivity contribution in [3.05, 3.63) is 0 Å². The number of rotatable bonds is 6. The van der Waals surface area contributed by atoms with Crippen molar-refractivity contribution in [3.8, 4) is 0 Å². The number of nitrogens with zero attached hydrogens (tertiary/aromatic N) is 1. The lowest BCUT2D eigenvalue weighted by Gasteiger charge is -2.26. The molecule has 1 amide bonds. The quantitative estimate of drug-likeness (QED) is 0.575. The number of esters is 1. The van der Waals surface area contributed by atoms with E-state index in [1.807, 2.05) is 6.92 Å². The molecule has 22 heavy (non-hydrogen) atoms. The van der Waals surface area contributed by atoms with Crippen LogP contribution in [-0.2, 0) is 23.9 Å². The van der Waals surface area contributed by atoms with Crippen LogP contribution in [0.4, 0.5) is 0 Å². The molecule has 1 aliphatic rings. The molecule has 7 nitrogen and oxygen atoms in total. The highest BCUT2D eigenvalue weighted by atomic mass is 16.5. The second-order valence-corrected chi connectivity index (χ2v) is 5.27. The van der Waals surface area contributed by atoms with Crippen LogP contribution in [0.2, 0.25) is 0 Å². The molecule has 1 fully saturated rings. The van der Waals surface area contributed by atoms with E-state index in [2.05, 4.69) is 0 Å². The maximum atomic E-state index is 11.8. The highest BCUT2D eigenvalue weighted by Gasteiger charge is 2.42. The summed E-state index contributed by atoms with van der Waals surface area (Å²) in [6.45, 7) is 6.50. The Hall–Kier alpha value is -1.76. The second kappa shape index (κ2) is 10.0. The van der Waals surface area contributed by atoms with E-state index in [0.29, 0.717) is 6.61 Å². The van der Waals surface area contributed by atoms with Crippen LogP contribution in [0.25, 0.3) is 0 Å². The Bertz CT molecular complexity index is 416. The summed E-state index contributed by atoms with van der Waals surface area (Å²) in [7, 11) is 0. The molecular formula is C15H25NO6.